The van der Waals surface area contributed by atoms with Crippen LogP contribution in [0.15, 0.2) is 6.08 Å². The molecule has 0 fully saturated rings. The fourth-order valence-corrected chi connectivity index (χ4v) is 2.94. The third kappa shape index (κ3) is 4.76. The molecule has 1 heterocycles. The topological polar surface area (TPSA) is 53.4 Å². The molecule has 0 saturated heterocycles. The molecular weight excluding hydrogens is 260 g/mol. The first-order valence-electron chi connectivity index (χ1n) is 6.60. The van der Waals surface area contributed by atoms with Gasteiger partial charge in [-0.1, -0.05) is 27.7 Å². The lowest BCUT2D eigenvalue weighted by Gasteiger charge is -2.15. The van der Waals surface area contributed by atoms with E-state index in [2.05, 4.69) is 37.6 Å². The van der Waals surface area contributed by atoms with E-state index in [4.69, 9.17) is 5.11 Å². The molecule has 0 aliphatic carbocycles. The van der Waals surface area contributed by atoms with Gasteiger partial charge in [-0.05, 0) is 25.1 Å². The van der Waals surface area contributed by atoms with Gasteiger partial charge in [-0.3, -0.25) is 4.90 Å². The third-order valence-corrected chi connectivity index (χ3v) is 3.92. The predicted octanol–water partition coefficient (Wildman–Crippen LogP) is 3.21. The number of hydrogen-bond acceptors (Lipinski definition) is 4. The fraction of sp³-hybridized carbons (Fsp3) is 0.571. The molecule has 4 nitrogen and oxygen atoms in total. The Morgan fingerprint density at radius 2 is 2.05 bits per heavy atom. The van der Waals surface area contributed by atoms with Crippen LogP contribution in [0.5, 0.6) is 0 Å². The number of thiazole rings is 1. The lowest BCUT2D eigenvalue weighted by molar-refractivity contribution is -0.131. The number of carboxylic acid groups (broad SMARTS) is 1. The van der Waals surface area contributed by atoms with E-state index in [0.717, 1.165) is 35.2 Å². The number of hydrogen-bond donors (Lipinski definition) is 1. The van der Waals surface area contributed by atoms with E-state index in [1.807, 2.05) is 0 Å². The van der Waals surface area contributed by atoms with Crippen molar-refractivity contribution in [1.29, 1.82) is 0 Å². The molecule has 0 bridgehead atoms. The molecular formula is C14H22N2O2S. The molecule has 1 aromatic rings. The Morgan fingerprint density at radius 1 is 1.42 bits per heavy atom. The number of aliphatic carboxylic acids is 1. The zero-order valence-electron chi connectivity index (χ0n) is 12.0. The van der Waals surface area contributed by atoms with Gasteiger partial charge < -0.3 is 5.11 Å². The van der Waals surface area contributed by atoms with E-state index >= 15 is 0 Å². The van der Waals surface area contributed by atoms with Gasteiger partial charge in [-0.25, -0.2) is 9.78 Å². The Balaban J connectivity index is 2.97. The van der Waals surface area contributed by atoms with Crippen molar-refractivity contribution in [2.24, 2.45) is 0 Å². The van der Waals surface area contributed by atoms with Crippen molar-refractivity contribution in [2.45, 2.75) is 40.2 Å². The van der Waals surface area contributed by atoms with Crippen molar-refractivity contribution >= 4 is 23.4 Å². The van der Waals surface area contributed by atoms with Crippen LogP contribution in [-0.4, -0.2) is 34.0 Å². The van der Waals surface area contributed by atoms with Crippen LogP contribution in [0.2, 0.25) is 0 Å². The first-order chi connectivity index (χ1) is 8.97. The Labute approximate surface area is 118 Å². The average molecular weight is 282 g/mol. The normalized spacial score (nSPS) is 11.9. The van der Waals surface area contributed by atoms with Crippen molar-refractivity contribution in [3.05, 3.63) is 21.7 Å². The summed E-state index contributed by atoms with van der Waals surface area (Å²) in [5.74, 6) is -0.622. The maximum Gasteiger partial charge on any atom is 0.328 e. The Morgan fingerprint density at radius 3 is 2.53 bits per heavy atom. The van der Waals surface area contributed by atoms with E-state index in [0.29, 0.717) is 5.92 Å². The monoisotopic (exact) mass is 282 g/mol. The van der Waals surface area contributed by atoms with Crippen LogP contribution in [0.4, 0.5) is 0 Å². The van der Waals surface area contributed by atoms with Crippen molar-refractivity contribution in [2.75, 3.05) is 13.1 Å². The van der Waals surface area contributed by atoms with Crippen LogP contribution in [-0.2, 0) is 11.3 Å². The maximum absolute atomic E-state index is 10.6. The molecule has 1 rings (SSSR count). The van der Waals surface area contributed by atoms with E-state index in [9.17, 15) is 4.79 Å². The quantitative estimate of drug-likeness (QED) is 0.780. The summed E-state index contributed by atoms with van der Waals surface area (Å²) in [5, 5.41) is 9.78. The van der Waals surface area contributed by atoms with Crippen molar-refractivity contribution < 1.29 is 9.90 Å². The number of nitrogens with zero attached hydrogens (tertiary/aromatic N) is 2. The number of aromatic nitrogens is 1. The summed E-state index contributed by atoms with van der Waals surface area (Å²) in [6.07, 6.45) is 2.83. The van der Waals surface area contributed by atoms with Crippen molar-refractivity contribution in [3.63, 3.8) is 0 Å². The molecule has 0 spiro atoms. The summed E-state index contributed by atoms with van der Waals surface area (Å²) >= 11 is 1.59. The summed E-state index contributed by atoms with van der Waals surface area (Å²) < 4.78 is 0. The second kappa shape index (κ2) is 7.40. The zero-order chi connectivity index (χ0) is 14.4. The second-order valence-electron chi connectivity index (χ2n) is 4.64. The molecule has 0 saturated carbocycles. The van der Waals surface area contributed by atoms with Gasteiger partial charge in [0.25, 0.3) is 0 Å². The molecule has 0 radical (unpaired) electrons. The first kappa shape index (κ1) is 15.9. The first-order valence-corrected chi connectivity index (χ1v) is 7.42. The molecule has 0 aromatic carbocycles. The van der Waals surface area contributed by atoms with Gasteiger partial charge in [0.2, 0.25) is 0 Å². The standard InChI is InChI=1S/C14H22N2O2S/c1-5-16(6-2)9-12-15-14(10(3)4)11(19-12)7-8-13(17)18/h7-8,10H,5-6,9H2,1-4H3,(H,17,18)/b8-7+. The molecule has 0 atom stereocenters. The Kier molecular flexibility index (Phi) is 6.18. The molecule has 0 unspecified atom stereocenters. The summed E-state index contributed by atoms with van der Waals surface area (Å²) in [5.41, 5.74) is 0.990. The lowest BCUT2D eigenvalue weighted by atomic mass is 10.1. The van der Waals surface area contributed by atoms with E-state index < -0.39 is 5.97 Å². The highest BCUT2D eigenvalue weighted by Gasteiger charge is 2.14. The van der Waals surface area contributed by atoms with Gasteiger partial charge >= 0.3 is 5.97 Å². The van der Waals surface area contributed by atoms with Crippen LogP contribution in [0, 0.1) is 0 Å². The minimum atomic E-state index is -0.923. The van der Waals surface area contributed by atoms with Crippen molar-refractivity contribution in [3.8, 4) is 0 Å². The Bertz CT molecular complexity index is 448. The molecule has 19 heavy (non-hydrogen) atoms. The van der Waals surface area contributed by atoms with E-state index in [1.165, 1.54) is 6.08 Å². The molecule has 0 aliphatic heterocycles. The van der Waals surface area contributed by atoms with Gasteiger partial charge in [-0.15, -0.1) is 11.3 Å². The number of rotatable bonds is 7. The van der Waals surface area contributed by atoms with Crippen LogP contribution in [0.25, 0.3) is 6.08 Å². The lowest BCUT2D eigenvalue weighted by Crippen LogP contribution is -2.21. The molecule has 1 aromatic heterocycles. The van der Waals surface area contributed by atoms with Gasteiger partial charge in [0, 0.05) is 6.08 Å². The smallest absolute Gasteiger partial charge is 0.328 e. The second-order valence-corrected chi connectivity index (χ2v) is 5.76. The van der Waals surface area contributed by atoms with Gasteiger partial charge in [0.15, 0.2) is 0 Å². The predicted molar refractivity (Wildman–Crippen MR) is 79.5 cm³/mol. The average Bonchev–Trinajstić information content (AvgIpc) is 2.76. The van der Waals surface area contributed by atoms with Gasteiger partial charge in [0.1, 0.15) is 5.01 Å². The minimum Gasteiger partial charge on any atom is -0.478 e. The number of carboxylic acids is 1. The zero-order valence-corrected chi connectivity index (χ0v) is 12.8. The maximum atomic E-state index is 10.6. The summed E-state index contributed by atoms with van der Waals surface area (Å²) in [6.45, 7) is 11.2. The van der Waals surface area contributed by atoms with Gasteiger partial charge in [-0.2, -0.15) is 0 Å². The highest BCUT2D eigenvalue weighted by Crippen LogP contribution is 2.27. The van der Waals surface area contributed by atoms with Gasteiger partial charge in [0.05, 0.1) is 17.1 Å². The van der Waals surface area contributed by atoms with E-state index in [-0.39, 0.29) is 0 Å². The minimum absolute atomic E-state index is 0.301. The Hall–Kier alpha value is -1.20. The summed E-state index contributed by atoms with van der Waals surface area (Å²) in [7, 11) is 0. The number of carbonyl (C=O) groups is 1. The van der Waals surface area contributed by atoms with Crippen LogP contribution < -0.4 is 0 Å². The molecule has 106 valence electrons. The summed E-state index contributed by atoms with van der Waals surface area (Å²) in [6, 6.07) is 0. The summed E-state index contributed by atoms with van der Waals surface area (Å²) in [4.78, 5) is 18.5. The molecule has 5 heteroatoms. The van der Waals surface area contributed by atoms with Crippen LogP contribution >= 0.6 is 11.3 Å². The molecule has 0 aliphatic rings. The van der Waals surface area contributed by atoms with Crippen LogP contribution in [0.1, 0.15) is 49.2 Å². The molecule has 0 amide bonds. The van der Waals surface area contributed by atoms with Crippen LogP contribution in [0.3, 0.4) is 0 Å². The molecule has 1 N–H and O–H groups in total. The van der Waals surface area contributed by atoms with E-state index in [1.54, 1.807) is 17.4 Å². The fourth-order valence-electron chi connectivity index (χ4n) is 1.78. The van der Waals surface area contributed by atoms with Crippen molar-refractivity contribution in [1.82, 2.24) is 9.88 Å². The highest BCUT2D eigenvalue weighted by atomic mass is 32.1. The SMILES string of the molecule is CCN(CC)Cc1nc(C(C)C)c(/C=C/C(=O)O)s1. The largest absolute Gasteiger partial charge is 0.478 e. The highest BCUT2D eigenvalue weighted by molar-refractivity contribution is 7.12. The third-order valence-electron chi connectivity index (χ3n) is 2.90.